The lowest BCUT2D eigenvalue weighted by Crippen LogP contribution is -2.37. The van der Waals surface area contributed by atoms with Crippen LogP contribution in [0.3, 0.4) is 0 Å². The molecular weight excluding hydrogens is 320 g/mol. The third kappa shape index (κ3) is 4.08. The predicted molar refractivity (Wildman–Crippen MR) is 82.6 cm³/mol. The first-order chi connectivity index (χ1) is 9.54. The van der Waals surface area contributed by atoms with Crippen molar-refractivity contribution in [2.24, 2.45) is 5.73 Å². The maximum atomic E-state index is 12.0. The van der Waals surface area contributed by atoms with Crippen molar-refractivity contribution in [2.45, 2.75) is 12.5 Å². The van der Waals surface area contributed by atoms with Gasteiger partial charge in [-0.25, -0.2) is 0 Å². The van der Waals surface area contributed by atoms with Crippen molar-refractivity contribution in [3.05, 3.63) is 58.6 Å². The van der Waals surface area contributed by atoms with Gasteiger partial charge in [0.25, 0.3) is 0 Å². The van der Waals surface area contributed by atoms with Crippen LogP contribution in [0, 0.1) is 0 Å². The highest BCUT2D eigenvalue weighted by molar-refractivity contribution is 9.10. The summed E-state index contributed by atoms with van der Waals surface area (Å²) in [5.41, 5.74) is 7.49. The van der Waals surface area contributed by atoms with E-state index in [4.69, 9.17) is 5.73 Å². The van der Waals surface area contributed by atoms with Gasteiger partial charge in [0, 0.05) is 10.2 Å². The monoisotopic (exact) mass is 334 g/mol. The molecule has 0 saturated heterocycles. The van der Waals surface area contributed by atoms with Gasteiger partial charge in [0.15, 0.2) is 0 Å². The third-order valence-corrected chi connectivity index (χ3v) is 3.37. The Morgan fingerprint density at radius 3 is 2.35 bits per heavy atom. The molecule has 2 aromatic rings. The first-order valence-corrected chi connectivity index (χ1v) is 6.94. The molecule has 4 N–H and O–H groups in total. The molecule has 0 spiro atoms. The van der Waals surface area contributed by atoms with Crippen LogP contribution >= 0.6 is 15.9 Å². The minimum absolute atomic E-state index is 0.196. The predicted octanol–water partition coefficient (Wildman–Crippen LogP) is 2.66. The second kappa shape index (κ2) is 6.54. The van der Waals surface area contributed by atoms with Gasteiger partial charge in [-0.05, 0) is 48.4 Å². The summed E-state index contributed by atoms with van der Waals surface area (Å²) >= 11 is 3.33. The van der Waals surface area contributed by atoms with Crippen LogP contribution in [0.4, 0.5) is 5.69 Å². The highest BCUT2D eigenvalue weighted by Crippen LogP contribution is 2.15. The fourth-order valence-electron chi connectivity index (χ4n) is 1.75. The molecule has 0 radical (unpaired) electrons. The molecule has 5 heteroatoms. The van der Waals surface area contributed by atoms with Crippen molar-refractivity contribution >= 4 is 27.5 Å². The van der Waals surface area contributed by atoms with Crippen molar-refractivity contribution in [1.29, 1.82) is 0 Å². The molecule has 1 atom stereocenters. The second-order valence-corrected chi connectivity index (χ2v) is 5.39. The lowest BCUT2D eigenvalue weighted by atomic mass is 10.1. The van der Waals surface area contributed by atoms with E-state index >= 15 is 0 Å². The molecule has 4 nitrogen and oxygen atoms in total. The fourth-order valence-corrected chi connectivity index (χ4v) is 2.01. The van der Waals surface area contributed by atoms with Crippen LogP contribution in [0.5, 0.6) is 5.75 Å². The zero-order chi connectivity index (χ0) is 14.5. The molecule has 2 rings (SSSR count). The summed E-state index contributed by atoms with van der Waals surface area (Å²) in [5, 5.41) is 12.0. The minimum Gasteiger partial charge on any atom is -0.508 e. The van der Waals surface area contributed by atoms with E-state index in [0.717, 1.165) is 10.0 Å². The maximum absolute atomic E-state index is 12.0. The van der Waals surface area contributed by atoms with Crippen LogP contribution in [0.1, 0.15) is 5.56 Å². The maximum Gasteiger partial charge on any atom is 0.241 e. The van der Waals surface area contributed by atoms with E-state index in [9.17, 15) is 9.90 Å². The number of aromatic hydroxyl groups is 1. The number of phenols is 1. The Balaban J connectivity index is 1.94. The summed E-state index contributed by atoms with van der Waals surface area (Å²) < 4.78 is 0.948. The number of amides is 1. The van der Waals surface area contributed by atoms with E-state index in [0.29, 0.717) is 12.1 Å². The molecule has 20 heavy (non-hydrogen) atoms. The van der Waals surface area contributed by atoms with E-state index in [1.165, 1.54) is 0 Å². The number of carbonyl (C=O) groups is 1. The molecule has 0 aliphatic carbocycles. The van der Waals surface area contributed by atoms with Crippen LogP contribution < -0.4 is 11.1 Å². The number of carbonyl (C=O) groups excluding carboxylic acids is 1. The van der Waals surface area contributed by atoms with Gasteiger partial charge in [-0.15, -0.1) is 0 Å². The summed E-state index contributed by atoms with van der Waals surface area (Å²) in [4.78, 5) is 12.0. The Labute approximate surface area is 125 Å². The summed E-state index contributed by atoms with van der Waals surface area (Å²) in [5.74, 6) is -0.0398. The quantitative estimate of drug-likeness (QED) is 0.804. The van der Waals surface area contributed by atoms with Gasteiger partial charge in [-0.3, -0.25) is 4.79 Å². The molecule has 104 valence electrons. The van der Waals surface area contributed by atoms with Gasteiger partial charge in [-0.2, -0.15) is 0 Å². The number of benzene rings is 2. The number of nitrogens with two attached hydrogens (primary N) is 1. The average molecular weight is 335 g/mol. The van der Waals surface area contributed by atoms with E-state index in [2.05, 4.69) is 21.2 Å². The van der Waals surface area contributed by atoms with Crippen LogP contribution in [-0.2, 0) is 11.2 Å². The number of hydrogen-bond donors (Lipinski definition) is 3. The smallest absolute Gasteiger partial charge is 0.241 e. The van der Waals surface area contributed by atoms with Crippen molar-refractivity contribution in [3.8, 4) is 5.75 Å². The van der Waals surface area contributed by atoms with Crippen LogP contribution in [0.15, 0.2) is 53.0 Å². The van der Waals surface area contributed by atoms with Gasteiger partial charge in [0.2, 0.25) is 5.91 Å². The topological polar surface area (TPSA) is 75.3 Å². The Kier molecular flexibility index (Phi) is 4.76. The highest BCUT2D eigenvalue weighted by Gasteiger charge is 2.14. The molecule has 2 aromatic carbocycles. The Hall–Kier alpha value is -1.85. The first kappa shape index (κ1) is 14.6. The van der Waals surface area contributed by atoms with E-state index in [-0.39, 0.29) is 11.7 Å². The molecule has 0 bridgehead atoms. The molecular formula is C15H15BrN2O2. The van der Waals surface area contributed by atoms with Gasteiger partial charge in [0.1, 0.15) is 5.75 Å². The molecule has 0 aliphatic rings. The minimum atomic E-state index is -0.636. The van der Waals surface area contributed by atoms with Crippen LogP contribution in [0.2, 0.25) is 0 Å². The zero-order valence-electron chi connectivity index (χ0n) is 10.7. The number of halogens is 1. The fraction of sp³-hybridized carbons (Fsp3) is 0.133. The third-order valence-electron chi connectivity index (χ3n) is 2.84. The van der Waals surface area contributed by atoms with Crippen molar-refractivity contribution in [2.75, 3.05) is 5.32 Å². The average Bonchev–Trinajstić information content (AvgIpc) is 2.44. The van der Waals surface area contributed by atoms with E-state index in [1.807, 2.05) is 12.1 Å². The SMILES string of the molecule is N[C@H](Cc1ccc(O)cc1)C(=O)Nc1ccc(Br)cc1. The Morgan fingerprint density at radius 1 is 1.15 bits per heavy atom. The molecule has 0 aliphatic heterocycles. The number of nitrogens with one attached hydrogen (secondary N) is 1. The van der Waals surface area contributed by atoms with Gasteiger partial charge < -0.3 is 16.2 Å². The van der Waals surface area contributed by atoms with E-state index < -0.39 is 6.04 Å². The van der Waals surface area contributed by atoms with Gasteiger partial charge in [0.05, 0.1) is 6.04 Å². The number of anilines is 1. The summed E-state index contributed by atoms with van der Waals surface area (Å²) in [6, 6.07) is 13.3. The summed E-state index contributed by atoms with van der Waals surface area (Å²) in [7, 11) is 0. The van der Waals surface area contributed by atoms with Gasteiger partial charge >= 0.3 is 0 Å². The number of phenolic OH excluding ortho intramolecular Hbond substituents is 1. The Bertz CT molecular complexity index is 582. The molecule has 1 amide bonds. The summed E-state index contributed by atoms with van der Waals surface area (Å²) in [6.45, 7) is 0. The van der Waals surface area contributed by atoms with Crippen molar-refractivity contribution in [3.63, 3.8) is 0 Å². The van der Waals surface area contributed by atoms with Crippen LogP contribution in [0.25, 0.3) is 0 Å². The first-order valence-electron chi connectivity index (χ1n) is 6.14. The molecule has 0 fully saturated rings. The largest absolute Gasteiger partial charge is 0.508 e. The van der Waals surface area contributed by atoms with Gasteiger partial charge in [-0.1, -0.05) is 28.1 Å². The highest BCUT2D eigenvalue weighted by atomic mass is 79.9. The molecule has 0 saturated carbocycles. The van der Waals surface area contributed by atoms with Crippen LogP contribution in [-0.4, -0.2) is 17.1 Å². The molecule has 0 heterocycles. The lowest BCUT2D eigenvalue weighted by molar-refractivity contribution is -0.117. The normalized spacial score (nSPS) is 11.9. The molecule has 0 unspecified atom stereocenters. The number of rotatable bonds is 4. The zero-order valence-corrected chi connectivity index (χ0v) is 12.3. The van der Waals surface area contributed by atoms with Crippen molar-refractivity contribution in [1.82, 2.24) is 0 Å². The number of hydrogen-bond acceptors (Lipinski definition) is 3. The summed E-state index contributed by atoms with van der Waals surface area (Å²) in [6.07, 6.45) is 0.419. The standard InChI is InChI=1S/C15H15BrN2O2/c16-11-3-5-12(6-4-11)18-15(20)14(17)9-10-1-7-13(19)8-2-10/h1-8,14,19H,9,17H2,(H,18,20)/t14-/m1/s1. The second-order valence-electron chi connectivity index (χ2n) is 4.47. The van der Waals surface area contributed by atoms with E-state index in [1.54, 1.807) is 36.4 Å². The Morgan fingerprint density at radius 2 is 1.75 bits per heavy atom. The lowest BCUT2D eigenvalue weighted by Gasteiger charge is -2.12. The molecule has 0 aromatic heterocycles. The van der Waals surface area contributed by atoms with Crippen molar-refractivity contribution < 1.29 is 9.90 Å².